The van der Waals surface area contributed by atoms with Gasteiger partial charge in [-0.2, -0.15) is 0 Å². The molecule has 1 unspecified atom stereocenters. The molecule has 3 heteroatoms. The standard InChI is InChI=1S/C11H20O3/c1-8(2)9(3)5-6-11(4,14)7-10(12)13/h8,14H,3,5-7H2,1-2,4H3,(H,12,13). The summed E-state index contributed by atoms with van der Waals surface area (Å²) >= 11 is 0. The molecule has 0 aliphatic carbocycles. The Hall–Kier alpha value is -0.830. The fraction of sp³-hybridized carbons (Fsp3) is 0.727. The third-order valence-electron chi connectivity index (χ3n) is 2.33. The molecule has 0 bridgehead atoms. The van der Waals surface area contributed by atoms with E-state index in [1.165, 1.54) is 0 Å². The number of hydrogen-bond acceptors (Lipinski definition) is 2. The summed E-state index contributed by atoms with van der Waals surface area (Å²) in [6, 6.07) is 0. The van der Waals surface area contributed by atoms with Gasteiger partial charge in [0.2, 0.25) is 0 Å². The van der Waals surface area contributed by atoms with Crippen LogP contribution in [0.3, 0.4) is 0 Å². The summed E-state index contributed by atoms with van der Waals surface area (Å²) in [5.41, 5.74) is -0.0698. The molecule has 0 aromatic rings. The van der Waals surface area contributed by atoms with E-state index in [1.54, 1.807) is 6.92 Å². The highest BCUT2D eigenvalue weighted by atomic mass is 16.4. The van der Waals surface area contributed by atoms with E-state index in [0.29, 0.717) is 18.8 Å². The Balaban J connectivity index is 3.98. The van der Waals surface area contributed by atoms with Gasteiger partial charge >= 0.3 is 5.97 Å². The molecule has 0 saturated heterocycles. The fourth-order valence-corrected chi connectivity index (χ4v) is 1.13. The van der Waals surface area contributed by atoms with Crippen LogP contribution in [0.1, 0.15) is 40.0 Å². The first-order chi connectivity index (χ1) is 6.24. The molecule has 14 heavy (non-hydrogen) atoms. The molecule has 0 spiro atoms. The molecule has 0 saturated carbocycles. The topological polar surface area (TPSA) is 57.5 Å². The Labute approximate surface area is 85.4 Å². The van der Waals surface area contributed by atoms with Crippen LogP contribution in [-0.2, 0) is 4.79 Å². The molecule has 0 aromatic heterocycles. The lowest BCUT2D eigenvalue weighted by atomic mass is 9.91. The second-order valence-electron chi connectivity index (χ2n) is 4.38. The second kappa shape index (κ2) is 5.15. The SMILES string of the molecule is C=C(CCC(C)(O)CC(=O)O)C(C)C. The molecule has 0 radical (unpaired) electrons. The quantitative estimate of drug-likeness (QED) is 0.646. The van der Waals surface area contributed by atoms with Crippen molar-refractivity contribution in [2.45, 2.75) is 45.6 Å². The molecule has 0 amide bonds. The molecule has 0 aliphatic rings. The Morgan fingerprint density at radius 3 is 2.36 bits per heavy atom. The first kappa shape index (κ1) is 13.2. The number of carbonyl (C=O) groups is 1. The van der Waals surface area contributed by atoms with Gasteiger partial charge in [0.05, 0.1) is 12.0 Å². The fourth-order valence-electron chi connectivity index (χ4n) is 1.13. The minimum Gasteiger partial charge on any atom is -0.481 e. The van der Waals surface area contributed by atoms with Crippen LogP contribution in [0.2, 0.25) is 0 Å². The van der Waals surface area contributed by atoms with Crippen molar-refractivity contribution < 1.29 is 15.0 Å². The van der Waals surface area contributed by atoms with Gasteiger partial charge in [0.15, 0.2) is 0 Å². The van der Waals surface area contributed by atoms with Crippen molar-refractivity contribution >= 4 is 5.97 Å². The zero-order valence-corrected chi connectivity index (χ0v) is 9.21. The highest BCUT2D eigenvalue weighted by molar-refractivity contribution is 5.68. The highest BCUT2D eigenvalue weighted by Gasteiger charge is 2.24. The Kier molecular flexibility index (Phi) is 4.85. The zero-order chi connectivity index (χ0) is 11.4. The van der Waals surface area contributed by atoms with Gasteiger partial charge in [-0.15, -0.1) is 0 Å². The summed E-state index contributed by atoms with van der Waals surface area (Å²) in [5, 5.41) is 18.2. The van der Waals surface area contributed by atoms with Crippen molar-refractivity contribution in [3.05, 3.63) is 12.2 Å². The monoisotopic (exact) mass is 200 g/mol. The summed E-state index contributed by atoms with van der Waals surface area (Å²) in [6.45, 7) is 9.50. The highest BCUT2D eigenvalue weighted by Crippen LogP contribution is 2.22. The van der Waals surface area contributed by atoms with Gasteiger partial charge in [0, 0.05) is 0 Å². The molecule has 2 N–H and O–H groups in total. The van der Waals surface area contributed by atoms with E-state index in [2.05, 4.69) is 6.58 Å². The van der Waals surface area contributed by atoms with E-state index in [-0.39, 0.29) is 6.42 Å². The number of carboxylic acids is 1. The molecule has 3 nitrogen and oxygen atoms in total. The lowest BCUT2D eigenvalue weighted by Gasteiger charge is -2.22. The molecular weight excluding hydrogens is 180 g/mol. The lowest BCUT2D eigenvalue weighted by Crippen LogP contribution is -2.27. The first-order valence-corrected chi connectivity index (χ1v) is 4.86. The molecule has 82 valence electrons. The molecule has 1 atom stereocenters. The van der Waals surface area contributed by atoms with Crippen LogP contribution < -0.4 is 0 Å². The van der Waals surface area contributed by atoms with Crippen molar-refractivity contribution in [1.29, 1.82) is 0 Å². The Bertz CT molecular complexity index is 217. The van der Waals surface area contributed by atoms with Crippen molar-refractivity contribution in [2.75, 3.05) is 0 Å². The van der Waals surface area contributed by atoms with Crippen LogP contribution in [0.4, 0.5) is 0 Å². The summed E-state index contributed by atoms with van der Waals surface area (Å²) in [5.74, 6) is -0.583. The van der Waals surface area contributed by atoms with Crippen LogP contribution in [-0.4, -0.2) is 21.8 Å². The predicted molar refractivity (Wildman–Crippen MR) is 56.1 cm³/mol. The van der Waals surface area contributed by atoms with Gasteiger partial charge < -0.3 is 10.2 Å². The maximum atomic E-state index is 10.4. The zero-order valence-electron chi connectivity index (χ0n) is 9.21. The van der Waals surface area contributed by atoms with E-state index < -0.39 is 11.6 Å². The number of rotatable bonds is 6. The summed E-state index contributed by atoms with van der Waals surface area (Å²) in [6.07, 6.45) is 0.923. The largest absolute Gasteiger partial charge is 0.481 e. The summed E-state index contributed by atoms with van der Waals surface area (Å²) < 4.78 is 0. The molecular formula is C11H20O3. The van der Waals surface area contributed by atoms with Gasteiger partial charge in [0.1, 0.15) is 0 Å². The van der Waals surface area contributed by atoms with E-state index >= 15 is 0 Å². The van der Waals surface area contributed by atoms with Gasteiger partial charge in [-0.1, -0.05) is 26.0 Å². The van der Waals surface area contributed by atoms with E-state index in [9.17, 15) is 9.90 Å². The minimum absolute atomic E-state index is 0.210. The molecule has 0 heterocycles. The van der Waals surface area contributed by atoms with Crippen LogP contribution in [0.25, 0.3) is 0 Å². The average Bonchev–Trinajstić information content (AvgIpc) is 1.97. The molecule has 0 fully saturated rings. The minimum atomic E-state index is -1.12. The van der Waals surface area contributed by atoms with Crippen LogP contribution in [0, 0.1) is 5.92 Å². The molecule has 0 aliphatic heterocycles. The lowest BCUT2D eigenvalue weighted by molar-refractivity contribution is -0.142. The van der Waals surface area contributed by atoms with E-state index in [4.69, 9.17) is 5.11 Å². The smallest absolute Gasteiger partial charge is 0.306 e. The molecule has 0 aromatic carbocycles. The molecule has 0 rings (SSSR count). The number of carboxylic acid groups (broad SMARTS) is 1. The van der Waals surface area contributed by atoms with Crippen LogP contribution >= 0.6 is 0 Å². The number of aliphatic hydroxyl groups is 1. The summed E-state index contributed by atoms with van der Waals surface area (Å²) in [4.78, 5) is 10.4. The average molecular weight is 200 g/mol. The van der Waals surface area contributed by atoms with Crippen LogP contribution in [0.15, 0.2) is 12.2 Å². The number of aliphatic carboxylic acids is 1. The van der Waals surface area contributed by atoms with Gasteiger partial charge in [-0.3, -0.25) is 4.79 Å². The van der Waals surface area contributed by atoms with Crippen molar-refractivity contribution in [3.8, 4) is 0 Å². The number of hydrogen-bond donors (Lipinski definition) is 2. The van der Waals surface area contributed by atoms with E-state index in [0.717, 1.165) is 5.57 Å². The van der Waals surface area contributed by atoms with Crippen molar-refractivity contribution in [3.63, 3.8) is 0 Å². The summed E-state index contributed by atoms with van der Waals surface area (Å²) in [7, 11) is 0. The second-order valence-corrected chi connectivity index (χ2v) is 4.38. The van der Waals surface area contributed by atoms with Gasteiger partial charge in [0.25, 0.3) is 0 Å². The normalized spacial score (nSPS) is 15.2. The number of allylic oxidation sites excluding steroid dienone is 1. The Morgan fingerprint density at radius 1 is 1.50 bits per heavy atom. The maximum Gasteiger partial charge on any atom is 0.306 e. The Morgan fingerprint density at radius 2 is 2.00 bits per heavy atom. The van der Waals surface area contributed by atoms with Crippen molar-refractivity contribution in [2.24, 2.45) is 5.92 Å². The predicted octanol–water partition coefficient (Wildman–Crippen LogP) is 2.20. The first-order valence-electron chi connectivity index (χ1n) is 4.86. The van der Waals surface area contributed by atoms with Gasteiger partial charge in [-0.05, 0) is 25.7 Å². The van der Waals surface area contributed by atoms with Crippen molar-refractivity contribution in [1.82, 2.24) is 0 Å². The van der Waals surface area contributed by atoms with Crippen LogP contribution in [0.5, 0.6) is 0 Å². The van der Waals surface area contributed by atoms with E-state index in [1.807, 2.05) is 13.8 Å². The maximum absolute atomic E-state index is 10.4. The van der Waals surface area contributed by atoms with Gasteiger partial charge in [-0.25, -0.2) is 0 Å². The third kappa shape index (κ3) is 5.75. The third-order valence-corrected chi connectivity index (χ3v) is 2.33.